The van der Waals surface area contributed by atoms with Crippen molar-refractivity contribution in [3.8, 4) is 5.75 Å². The molecule has 0 aromatic heterocycles. The molecule has 1 aromatic carbocycles. The first-order valence-corrected chi connectivity index (χ1v) is 4.26. The molecule has 70 valence electrons. The third-order valence-electron chi connectivity index (χ3n) is 1.40. The molecule has 0 heterocycles. The minimum absolute atomic E-state index is 0.421. The second-order valence-electron chi connectivity index (χ2n) is 2.27. The highest BCUT2D eigenvalue weighted by atomic mass is 79.9. The van der Waals surface area contributed by atoms with Crippen molar-refractivity contribution in [2.45, 2.75) is 0 Å². The zero-order valence-corrected chi connectivity index (χ0v) is 8.46. The van der Waals surface area contributed by atoms with Gasteiger partial charge in [-0.1, -0.05) is 15.9 Å². The van der Waals surface area contributed by atoms with Crippen LogP contribution in [0.4, 0.5) is 10.5 Å². The highest BCUT2D eigenvalue weighted by molar-refractivity contribution is 9.10. The second-order valence-corrected chi connectivity index (χ2v) is 3.19. The van der Waals surface area contributed by atoms with Gasteiger partial charge in [-0.25, -0.2) is 4.79 Å². The molecule has 1 amide bonds. The average Bonchev–Trinajstić information content (AvgIpc) is 2.03. The van der Waals surface area contributed by atoms with Gasteiger partial charge in [0.25, 0.3) is 0 Å². The maximum absolute atomic E-state index is 10.4. The lowest BCUT2D eigenvalue weighted by Gasteiger charge is -2.07. The normalized spacial score (nSPS) is 9.38. The molecule has 13 heavy (non-hydrogen) atoms. The molecule has 0 fully saturated rings. The van der Waals surface area contributed by atoms with Gasteiger partial charge >= 0.3 is 6.09 Å². The molecule has 0 bridgehead atoms. The molecule has 0 saturated carbocycles. The minimum atomic E-state index is -1.11. The van der Waals surface area contributed by atoms with E-state index in [2.05, 4.69) is 21.2 Å². The molecule has 2 N–H and O–H groups in total. The number of nitrogens with one attached hydrogen (secondary N) is 1. The van der Waals surface area contributed by atoms with Gasteiger partial charge in [0, 0.05) is 4.47 Å². The van der Waals surface area contributed by atoms with Gasteiger partial charge in [0.1, 0.15) is 5.75 Å². The predicted octanol–water partition coefficient (Wildman–Crippen LogP) is 2.55. The van der Waals surface area contributed by atoms with Gasteiger partial charge < -0.3 is 9.84 Å². The Morgan fingerprint density at radius 2 is 2.31 bits per heavy atom. The smallest absolute Gasteiger partial charge is 0.409 e. The van der Waals surface area contributed by atoms with Crippen LogP contribution in [-0.4, -0.2) is 18.3 Å². The topological polar surface area (TPSA) is 58.6 Å². The predicted molar refractivity (Wildman–Crippen MR) is 52.3 cm³/mol. The van der Waals surface area contributed by atoms with Crippen LogP contribution >= 0.6 is 15.9 Å². The molecule has 1 aromatic rings. The zero-order chi connectivity index (χ0) is 9.84. The van der Waals surface area contributed by atoms with E-state index in [-0.39, 0.29) is 0 Å². The number of ether oxygens (including phenoxy) is 1. The first-order chi connectivity index (χ1) is 6.13. The van der Waals surface area contributed by atoms with Gasteiger partial charge in [0.2, 0.25) is 0 Å². The Bertz CT molecular complexity index is 327. The summed E-state index contributed by atoms with van der Waals surface area (Å²) < 4.78 is 5.74. The molecule has 1 rings (SSSR count). The van der Waals surface area contributed by atoms with Gasteiger partial charge in [-0.15, -0.1) is 0 Å². The first kappa shape index (κ1) is 9.85. The summed E-state index contributed by atoms with van der Waals surface area (Å²) in [6.07, 6.45) is -1.11. The van der Waals surface area contributed by atoms with Crippen molar-refractivity contribution in [2.75, 3.05) is 12.4 Å². The van der Waals surface area contributed by atoms with Crippen molar-refractivity contribution in [1.29, 1.82) is 0 Å². The highest BCUT2D eigenvalue weighted by Gasteiger charge is 2.05. The fraction of sp³-hybridized carbons (Fsp3) is 0.125. The van der Waals surface area contributed by atoms with E-state index in [1.165, 1.54) is 7.11 Å². The van der Waals surface area contributed by atoms with Crippen molar-refractivity contribution < 1.29 is 14.6 Å². The number of hydrogen-bond donors (Lipinski definition) is 2. The van der Waals surface area contributed by atoms with Crippen LogP contribution in [0.15, 0.2) is 22.7 Å². The molecular weight excluding hydrogens is 238 g/mol. The number of carboxylic acid groups (broad SMARTS) is 1. The third kappa shape index (κ3) is 2.62. The molecule has 0 aliphatic rings. The summed E-state index contributed by atoms with van der Waals surface area (Å²) in [5.41, 5.74) is 0.421. The summed E-state index contributed by atoms with van der Waals surface area (Å²) in [6.45, 7) is 0. The Labute approximate surface area is 83.6 Å². The van der Waals surface area contributed by atoms with Gasteiger partial charge in [0.05, 0.1) is 12.8 Å². The second kappa shape index (κ2) is 4.13. The average molecular weight is 246 g/mol. The largest absolute Gasteiger partial charge is 0.495 e. The zero-order valence-electron chi connectivity index (χ0n) is 6.87. The minimum Gasteiger partial charge on any atom is -0.495 e. The van der Waals surface area contributed by atoms with E-state index in [9.17, 15) is 4.79 Å². The van der Waals surface area contributed by atoms with E-state index in [0.717, 1.165) is 4.47 Å². The molecule has 4 nitrogen and oxygen atoms in total. The number of methoxy groups -OCH3 is 1. The molecule has 0 unspecified atom stereocenters. The van der Waals surface area contributed by atoms with Crippen molar-refractivity contribution in [3.05, 3.63) is 22.7 Å². The Balaban J connectivity index is 3.01. The van der Waals surface area contributed by atoms with E-state index in [1.54, 1.807) is 18.2 Å². The number of hydrogen-bond acceptors (Lipinski definition) is 2. The standard InChI is InChI=1S/C8H8BrNO3/c1-13-7-3-2-5(9)4-6(7)10-8(11)12/h2-4,10H,1H3,(H,11,12). The molecule has 0 aliphatic carbocycles. The summed E-state index contributed by atoms with van der Waals surface area (Å²) in [5.74, 6) is 0.491. The number of rotatable bonds is 2. The number of carbonyl (C=O) groups is 1. The van der Waals surface area contributed by atoms with Crippen LogP contribution < -0.4 is 10.1 Å². The van der Waals surface area contributed by atoms with E-state index in [4.69, 9.17) is 9.84 Å². The molecule has 0 spiro atoms. The molecule has 0 radical (unpaired) electrons. The van der Waals surface area contributed by atoms with Crippen LogP contribution in [0, 0.1) is 0 Å². The lowest BCUT2D eigenvalue weighted by Crippen LogP contribution is -2.08. The van der Waals surface area contributed by atoms with Crippen LogP contribution in [0.1, 0.15) is 0 Å². The van der Waals surface area contributed by atoms with E-state index in [1.807, 2.05) is 0 Å². The van der Waals surface area contributed by atoms with Gasteiger partial charge in [-0.3, -0.25) is 5.32 Å². The Hall–Kier alpha value is -1.23. The van der Waals surface area contributed by atoms with Crippen molar-refractivity contribution in [1.82, 2.24) is 0 Å². The third-order valence-corrected chi connectivity index (χ3v) is 1.90. The van der Waals surface area contributed by atoms with E-state index >= 15 is 0 Å². The molecule has 0 aliphatic heterocycles. The number of benzene rings is 1. The quantitative estimate of drug-likeness (QED) is 0.842. The SMILES string of the molecule is COc1ccc(Br)cc1NC(=O)O. The van der Waals surface area contributed by atoms with Crippen molar-refractivity contribution in [3.63, 3.8) is 0 Å². The van der Waals surface area contributed by atoms with Crippen molar-refractivity contribution >= 4 is 27.7 Å². The summed E-state index contributed by atoms with van der Waals surface area (Å²) in [7, 11) is 1.48. The number of anilines is 1. The fourth-order valence-electron chi connectivity index (χ4n) is 0.893. The Kier molecular flexibility index (Phi) is 3.13. The Morgan fingerprint density at radius 1 is 1.62 bits per heavy atom. The maximum Gasteiger partial charge on any atom is 0.409 e. The molecule has 5 heteroatoms. The molecule has 0 saturated heterocycles. The van der Waals surface area contributed by atoms with Crippen LogP contribution in [-0.2, 0) is 0 Å². The van der Waals surface area contributed by atoms with E-state index < -0.39 is 6.09 Å². The monoisotopic (exact) mass is 245 g/mol. The summed E-state index contributed by atoms with van der Waals surface area (Å²) >= 11 is 3.23. The number of halogens is 1. The van der Waals surface area contributed by atoms with Gasteiger partial charge in [-0.2, -0.15) is 0 Å². The highest BCUT2D eigenvalue weighted by Crippen LogP contribution is 2.27. The van der Waals surface area contributed by atoms with Crippen LogP contribution in [0.5, 0.6) is 5.75 Å². The summed E-state index contributed by atoms with van der Waals surface area (Å²) in [4.78, 5) is 10.4. The van der Waals surface area contributed by atoms with E-state index in [0.29, 0.717) is 11.4 Å². The van der Waals surface area contributed by atoms with Crippen molar-refractivity contribution in [2.24, 2.45) is 0 Å². The lowest BCUT2D eigenvalue weighted by atomic mass is 10.3. The maximum atomic E-state index is 10.4. The van der Waals surface area contributed by atoms with Crippen LogP contribution in [0.3, 0.4) is 0 Å². The molecular formula is C8H8BrNO3. The fourth-order valence-corrected chi connectivity index (χ4v) is 1.25. The van der Waals surface area contributed by atoms with Gasteiger partial charge in [0.15, 0.2) is 0 Å². The summed E-state index contributed by atoms with van der Waals surface area (Å²) in [5, 5.41) is 10.7. The van der Waals surface area contributed by atoms with Gasteiger partial charge in [-0.05, 0) is 18.2 Å². The lowest BCUT2D eigenvalue weighted by molar-refractivity contribution is 0.209. The molecule has 0 atom stereocenters. The number of amides is 1. The van der Waals surface area contributed by atoms with Crippen LogP contribution in [0.2, 0.25) is 0 Å². The first-order valence-electron chi connectivity index (χ1n) is 3.47. The van der Waals surface area contributed by atoms with Crippen LogP contribution in [0.25, 0.3) is 0 Å². The Morgan fingerprint density at radius 3 is 2.85 bits per heavy atom. The summed E-state index contributed by atoms with van der Waals surface area (Å²) in [6, 6.07) is 5.08.